The van der Waals surface area contributed by atoms with E-state index in [1.165, 1.54) is 0 Å². The van der Waals surface area contributed by atoms with Gasteiger partial charge in [-0.25, -0.2) is 0 Å². The molecule has 7 heteroatoms. The minimum Gasteiger partial charge on any atom is -0.481 e. The van der Waals surface area contributed by atoms with Crippen LogP contribution in [0.15, 0.2) is 45.2 Å². The second-order valence-corrected chi connectivity index (χ2v) is 12.1. The molecule has 0 aromatic heterocycles. The lowest BCUT2D eigenvalue weighted by atomic mass is 9.63. The van der Waals surface area contributed by atoms with E-state index in [1.54, 1.807) is 11.0 Å². The van der Waals surface area contributed by atoms with Crippen molar-refractivity contribution in [3.63, 3.8) is 0 Å². The topological polar surface area (TPSA) is 83.9 Å². The molecule has 1 heterocycles. The van der Waals surface area contributed by atoms with Gasteiger partial charge < -0.3 is 14.7 Å². The van der Waals surface area contributed by atoms with E-state index in [2.05, 4.69) is 21.9 Å². The summed E-state index contributed by atoms with van der Waals surface area (Å²) in [6.07, 6.45) is 7.16. The van der Waals surface area contributed by atoms with Crippen molar-refractivity contribution in [1.82, 2.24) is 4.90 Å². The van der Waals surface area contributed by atoms with Gasteiger partial charge in [-0.2, -0.15) is 0 Å². The first-order valence-corrected chi connectivity index (χ1v) is 12.5. The van der Waals surface area contributed by atoms with Gasteiger partial charge in [0.2, 0.25) is 0 Å². The summed E-state index contributed by atoms with van der Waals surface area (Å²) in [5.41, 5.74) is 2.43. The average Bonchev–Trinajstić information content (AvgIpc) is 2.72. The molecule has 1 aromatic rings. The maximum Gasteiger partial charge on any atom is 0.323 e. The molecule has 0 radical (unpaired) electrons. The van der Waals surface area contributed by atoms with Crippen LogP contribution < -0.4 is 4.74 Å². The number of hydrogen-bond donors (Lipinski definition) is 1. The Hall–Kier alpha value is -2.85. The molecule has 0 saturated carbocycles. The third kappa shape index (κ3) is 4.81. The molecule has 1 aliphatic heterocycles. The molecule has 0 saturated heterocycles. The Labute approximate surface area is 214 Å². The summed E-state index contributed by atoms with van der Waals surface area (Å²) < 4.78 is 6.65. The molecule has 35 heavy (non-hydrogen) atoms. The second-order valence-electron chi connectivity index (χ2n) is 11.2. The van der Waals surface area contributed by atoms with Gasteiger partial charge in [-0.1, -0.05) is 49.5 Å². The van der Waals surface area contributed by atoms with Gasteiger partial charge in [0, 0.05) is 51.3 Å². The zero-order chi connectivity index (χ0) is 25.7. The number of terminal acetylenes is 1. The lowest BCUT2D eigenvalue weighted by molar-refractivity contribution is -0.138. The van der Waals surface area contributed by atoms with E-state index in [4.69, 9.17) is 11.2 Å². The zero-order valence-corrected chi connectivity index (χ0v) is 22.1. The summed E-state index contributed by atoms with van der Waals surface area (Å²) in [7, 11) is 0. The van der Waals surface area contributed by atoms with Crippen LogP contribution in [0.1, 0.15) is 64.9 Å². The van der Waals surface area contributed by atoms with Crippen molar-refractivity contribution in [2.75, 3.05) is 13.2 Å². The van der Waals surface area contributed by atoms with Crippen molar-refractivity contribution < 1.29 is 24.2 Å². The number of carboxylic acid groups (broad SMARTS) is 1. The van der Waals surface area contributed by atoms with Gasteiger partial charge in [-0.3, -0.25) is 14.4 Å². The Kier molecular flexibility index (Phi) is 6.48. The minimum absolute atomic E-state index is 0.0479. The number of halogens is 1. The van der Waals surface area contributed by atoms with E-state index in [9.17, 15) is 19.5 Å². The zero-order valence-electron chi connectivity index (χ0n) is 20.5. The molecule has 2 aliphatic carbocycles. The molecule has 0 fully saturated rings. The smallest absolute Gasteiger partial charge is 0.323 e. The number of ether oxygens (including phenoxy) is 1. The molecule has 6 nitrogen and oxygen atoms in total. The normalized spacial score (nSPS) is 21.4. The van der Waals surface area contributed by atoms with Crippen molar-refractivity contribution in [1.29, 1.82) is 0 Å². The number of ketones is 2. The average molecular weight is 540 g/mol. The number of nitrogens with zero attached hydrogens (tertiary/aromatic N) is 1. The van der Waals surface area contributed by atoms with Crippen LogP contribution in [0.25, 0.3) is 0 Å². The fourth-order valence-corrected chi connectivity index (χ4v) is 6.06. The Balaban J connectivity index is 2.04. The fraction of sp³-hybridized carbons (Fsp3) is 0.464. The molecule has 3 aliphatic rings. The summed E-state index contributed by atoms with van der Waals surface area (Å²) in [6, 6.07) is 5.49. The van der Waals surface area contributed by atoms with Crippen molar-refractivity contribution >= 4 is 33.5 Å². The number of carboxylic acids is 1. The molecular weight excluding hydrogens is 510 g/mol. The van der Waals surface area contributed by atoms with Gasteiger partial charge in [-0.15, -0.1) is 6.42 Å². The van der Waals surface area contributed by atoms with Gasteiger partial charge in [0.25, 0.3) is 0 Å². The van der Waals surface area contributed by atoms with Gasteiger partial charge in [-0.05, 0) is 41.9 Å². The number of allylic oxidation sites excluding steroid dienone is 4. The molecular formula is C28H30BrNO5. The maximum atomic E-state index is 13.7. The predicted molar refractivity (Wildman–Crippen MR) is 136 cm³/mol. The first-order chi connectivity index (χ1) is 16.3. The molecule has 184 valence electrons. The lowest BCUT2D eigenvalue weighted by Gasteiger charge is -2.48. The molecule has 4 rings (SSSR count). The van der Waals surface area contributed by atoms with Gasteiger partial charge in [0.15, 0.2) is 11.6 Å². The van der Waals surface area contributed by atoms with E-state index in [1.807, 2.05) is 39.8 Å². The highest BCUT2D eigenvalue weighted by atomic mass is 79.9. The van der Waals surface area contributed by atoms with Gasteiger partial charge in [0.05, 0.1) is 0 Å². The molecule has 1 N–H and O–H groups in total. The van der Waals surface area contributed by atoms with Crippen molar-refractivity contribution in [3.05, 3.63) is 50.8 Å². The predicted octanol–water partition coefficient (Wildman–Crippen LogP) is 5.23. The summed E-state index contributed by atoms with van der Waals surface area (Å²) in [5.74, 6) is 1.21. The van der Waals surface area contributed by atoms with Crippen molar-refractivity contribution in [2.45, 2.75) is 59.3 Å². The highest BCUT2D eigenvalue weighted by Crippen LogP contribution is 2.55. The number of rotatable bonds is 5. The Morgan fingerprint density at radius 3 is 2.11 bits per heavy atom. The van der Waals surface area contributed by atoms with E-state index in [0.29, 0.717) is 59.5 Å². The molecule has 0 atom stereocenters. The Morgan fingerprint density at radius 2 is 1.63 bits per heavy atom. The third-order valence-corrected chi connectivity index (χ3v) is 7.40. The van der Waals surface area contributed by atoms with Crippen molar-refractivity contribution in [3.8, 4) is 18.1 Å². The monoisotopic (exact) mass is 539 g/mol. The highest BCUT2D eigenvalue weighted by molar-refractivity contribution is 9.10. The number of carbonyl (C=O) groups excluding carboxylic acids is 2. The number of aliphatic carboxylic acids is 1. The van der Waals surface area contributed by atoms with Gasteiger partial charge in [0.1, 0.15) is 18.9 Å². The minimum atomic E-state index is -1.01. The van der Waals surface area contributed by atoms with Crippen LogP contribution >= 0.6 is 15.9 Å². The first-order valence-electron chi connectivity index (χ1n) is 11.7. The maximum absolute atomic E-state index is 13.7. The number of Topliss-reactive ketones (excluding diaryl/α,β-unsaturated/α-hetero) is 2. The van der Waals surface area contributed by atoms with E-state index < -0.39 is 11.9 Å². The third-order valence-electron chi connectivity index (χ3n) is 6.91. The highest BCUT2D eigenvalue weighted by Gasteiger charge is 2.49. The quantitative estimate of drug-likeness (QED) is 0.515. The van der Waals surface area contributed by atoms with Crippen LogP contribution in [0, 0.1) is 23.2 Å². The molecule has 0 amide bonds. The number of benzene rings is 1. The van der Waals surface area contributed by atoms with Crippen LogP contribution in [0.5, 0.6) is 5.75 Å². The number of carbonyl (C=O) groups is 3. The van der Waals surface area contributed by atoms with E-state index in [-0.39, 0.29) is 35.5 Å². The summed E-state index contributed by atoms with van der Waals surface area (Å²) in [5, 5.41) is 9.80. The Morgan fingerprint density at radius 1 is 1.09 bits per heavy atom. The summed E-state index contributed by atoms with van der Waals surface area (Å²) in [6.45, 7) is 7.82. The molecule has 0 spiro atoms. The Bertz CT molecular complexity index is 1180. The SMILES string of the molecule is C#CCOc1ccc(Br)cc1C1C2=C(CC(C)(C)CC2=O)N(CC(=O)O)C2=C1C(=O)CC(C)(C)C2. The summed E-state index contributed by atoms with van der Waals surface area (Å²) in [4.78, 5) is 41.2. The van der Waals surface area contributed by atoms with Crippen LogP contribution in [-0.2, 0) is 14.4 Å². The molecule has 0 unspecified atom stereocenters. The van der Waals surface area contributed by atoms with Crippen LogP contribution in [0.2, 0.25) is 0 Å². The summed E-state index contributed by atoms with van der Waals surface area (Å²) >= 11 is 3.53. The van der Waals surface area contributed by atoms with Crippen LogP contribution in [0.3, 0.4) is 0 Å². The first kappa shape index (κ1) is 25.2. The van der Waals surface area contributed by atoms with Crippen LogP contribution in [-0.4, -0.2) is 40.7 Å². The molecule has 1 aromatic carbocycles. The van der Waals surface area contributed by atoms with E-state index in [0.717, 1.165) is 4.47 Å². The molecule has 0 bridgehead atoms. The number of hydrogen-bond acceptors (Lipinski definition) is 5. The fourth-order valence-electron chi connectivity index (χ4n) is 5.68. The van der Waals surface area contributed by atoms with Crippen molar-refractivity contribution in [2.24, 2.45) is 10.8 Å². The van der Waals surface area contributed by atoms with E-state index >= 15 is 0 Å². The lowest BCUT2D eigenvalue weighted by Crippen LogP contribution is -2.45. The second kappa shape index (κ2) is 8.98. The standard InChI is InChI=1S/C28H30BrNO5/c1-6-9-35-22-8-7-16(29)10-17(22)24-25-18(11-27(2,3)13-20(25)31)30(15-23(33)34)19-12-28(4,5)14-21(32)26(19)24/h1,7-8,10,24H,9,11-15H2,2-5H3,(H,33,34). The van der Waals surface area contributed by atoms with Crippen LogP contribution in [0.4, 0.5) is 0 Å². The largest absolute Gasteiger partial charge is 0.481 e. The van der Waals surface area contributed by atoms with Gasteiger partial charge >= 0.3 is 5.97 Å².